The van der Waals surface area contributed by atoms with Gasteiger partial charge in [-0.3, -0.25) is 9.59 Å². The van der Waals surface area contributed by atoms with Crippen molar-refractivity contribution in [2.24, 2.45) is 0 Å². The second kappa shape index (κ2) is 19.0. The Kier molecular flexibility index (Phi) is 12.8. The molecule has 16 nitrogen and oxygen atoms in total. The van der Waals surface area contributed by atoms with Crippen molar-refractivity contribution in [1.29, 1.82) is 0 Å². The maximum absolute atomic E-state index is 13.2. The average Bonchev–Trinajstić information content (AvgIpc) is 3.95. The van der Waals surface area contributed by atoms with Gasteiger partial charge in [-0.2, -0.15) is 0 Å². The van der Waals surface area contributed by atoms with Gasteiger partial charge in [0.05, 0.1) is 56.8 Å². The van der Waals surface area contributed by atoms with E-state index in [4.69, 9.17) is 13.9 Å². The molecule has 8 rings (SSSR count). The van der Waals surface area contributed by atoms with Crippen molar-refractivity contribution in [2.45, 2.75) is 20.4 Å². The van der Waals surface area contributed by atoms with E-state index < -0.39 is 11.9 Å². The minimum absolute atomic E-state index is 0.113. The zero-order chi connectivity index (χ0) is 45.8. The number of hydrogen-bond acceptors (Lipinski definition) is 11. The predicted molar refractivity (Wildman–Crippen MR) is 246 cm³/mol. The molecule has 0 atom stereocenters. The molecule has 65 heavy (non-hydrogen) atoms. The lowest BCUT2D eigenvalue weighted by atomic mass is 9.89. The lowest BCUT2D eigenvalue weighted by molar-refractivity contribution is -0.254. The summed E-state index contributed by atoms with van der Waals surface area (Å²) in [6.07, 6.45) is 3.67. The van der Waals surface area contributed by atoms with E-state index in [0.29, 0.717) is 71.4 Å². The Morgan fingerprint density at radius 2 is 1.60 bits per heavy atom. The van der Waals surface area contributed by atoms with Crippen LogP contribution in [0.4, 0.5) is 11.4 Å². The highest BCUT2D eigenvalue weighted by molar-refractivity contribution is 6.10. The quantitative estimate of drug-likeness (QED) is 0.0765. The van der Waals surface area contributed by atoms with Gasteiger partial charge in [0.1, 0.15) is 36.8 Å². The number of aryl methyl sites for hydroxylation is 2. The van der Waals surface area contributed by atoms with Gasteiger partial charge in [-0.25, -0.2) is 14.2 Å². The van der Waals surface area contributed by atoms with Crippen LogP contribution in [0.3, 0.4) is 0 Å². The van der Waals surface area contributed by atoms with Crippen LogP contribution in [-0.2, 0) is 16.0 Å². The summed E-state index contributed by atoms with van der Waals surface area (Å²) in [4.78, 5) is 45.4. The minimum Gasteiger partial charge on any atom is -0.545 e. The number of benzene rings is 4. The summed E-state index contributed by atoms with van der Waals surface area (Å²) in [5, 5.41) is 28.5. The molecule has 6 aromatic rings. The molecule has 1 aliphatic carbocycles. The Hall–Kier alpha value is -7.69. The average molecular weight is 876 g/mol. The van der Waals surface area contributed by atoms with E-state index in [-0.39, 0.29) is 30.2 Å². The normalized spacial score (nSPS) is 11.4. The first-order chi connectivity index (χ1) is 31.3. The number of carbonyl (C=O) groups excluding carboxylic acids is 3. The number of ether oxygens (including phenoxy) is 2. The van der Waals surface area contributed by atoms with Crippen LogP contribution in [0.15, 0.2) is 108 Å². The third kappa shape index (κ3) is 9.63. The monoisotopic (exact) mass is 875 g/mol. The minimum atomic E-state index is -1.40. The van der Waals surface area contributed by atoms with Gasteiger partial charge >= 0.3 is 0 Å². The summed E-state index contributed by atoms with van der Waals surface area (Å²) < 4.78 is 23.3. The molecule has 2 aliphatic rings. The molecule has 0 spiro atoms. The number of anilines is 2. The van der Waals surface area contributed by atoms with Crippen molar-refractivity contribution in [3.63, 3.8) is 0 Å². The highest BCUT2D eigenvalue weighted by Gasteiger charge is 2.22. The zero-order valence-corrected chi connectivity index (χ0v) is 37.0. The fourth-order valence-corrected chi connectivity index (χ4v) is 7.64. The molecule has 0 saturated carbocycles. The summed E-state index contributed by atoms with van der Waals surface area (Å²) in [5.41, 5.74) is 8.52. The van der Waals surface area contributed by atoms with Gasteiger partial charge in [0.25, 0.3) is 11.8 Å². The number of amides is 2. The number of carboxylic acid groups (broad SMARTS) is 1. The summed E-state index contributed by atoms with van der Waals surface area (Å²) in [7, 11) is 7.75. The van der Waals surface area contributed by atoms with Gasteiger partial charge in [0.2, 0.25) is 5.36 Å². The van der Waals surface area contributed by atoms with E-state index in [1.165, 1.54) is 6.07 Å². The number of carbonyl (C=O) groups is 3. The van der Waals surface area contributed by atoms with Crippen LogP contribution in [0.25, 0.3) is 50.3 Å². The molecule has 332 valence electrons. The van der Waals surface area contributed by atoms with Crippen LogP contribution in [0.1, 0.15) is 42.5 Å². The van der Waals surface area contributed by atoms with Crippen molar-refractivity contribution in [1.82, 2.24) is 34.3 Å². The second-order valence-electron chi connectivity index (χ2n) is 16.0. The second-order valence-corrected chi connectivity index (χ2v) is 16.0. The molecule has 0 fully saturated rings. The molecule has 0 unspecified atom stereocenters. The number of nitrogens with zero attached hydrogens (tertiary/aromatic N) is 7. The first kappa shape index (κ1) is 43.9. The number of aromatic nitrogens is 5. The fourth-order valence-electron chi connectivity index (χ4n) is 7.64. The van der Waals surface area contributed by atoms with Crippen LogP contribution in [0.2, 0.25) is 0 Å². The molecule has 3 aromatic heterocycles. The lowest BCUT2D eigenvalue weighted by Crippen LogP contribution is -2.29. The predicted octanol–water partition coefficient (Wildman–Crippen LogP) is 4.90. The molecule has 4 heterocycles. The Labute approximate surface area is 374 Å². The Morgan fingerprint density at radius 3 is 2.35 bits per heavy atom. The van der Waals surface area contributed by atoms with Crippen LogP contribution in [0.5, 0.6) is 0 Å². The number of aromatic carboxylic acids is 1. The lowest BCUT2D eigenvalue weighted by Gasteiger charge is -2.20. The van der Waals surface area contributed by atoms with Crippen molar-refractivity contribution in [2.75, 3.05) is 71.4 Å². The fraction of sp³-hybridized carbons (Fsp3) is 0.245. The Balaban J connectivity index is 0.799. The molecule has 1 aliphatic heterocycles. The Morgan fingerprint density at radius 1 is 0.831 bits per heavy atom. The molecule has 0 bridgehead atoms. The smallest absolute Gasteiger partial charge is 0.259 e. The first-order valence-electron chi connectivity index (χ1n) is 21.1. The SMILES string of the molecule is Cc1cc(C)n2ccc(C(=O)Nc3ccc(-c4cn(CCOCCOCCNC(=O)c5ccc(-c6c7ccc(=[N+](C)C)cc-7oc7cc(N(C)C)ccc67)c(C(=O)[O-])c5)nn4)cc3)c2n1. The van der Waals surface area contributed by atoms with Gasteiger partial charge in [0.15, 0.2) is 0 Å². The third-order valence-corrected chi connectivity index (χ3v) is 11.0. The molecule has 3 aromatic carbocycles. The van der Waals surface area contributed by atoms with Crippen LogP contribution >= 0.6 is 0 Å². The summed E-state index contributed by atoms with van der Waals surface area (Å²) in [6, 6.07) is 27.3. The molecule has 16 heteroatoms. The van der Waals surface area contributed by atoms with Gasteiger partial charge in [-0.15, -0.1) is 5.10 Å². The third-order valence-electron chi connectivity index (χ3n) is 11.0. The van der Waals surface area contributed by atoms with E-state index in [1.54, 1.807) is 22.9 Å². The maximum Gasteiger partial charge on any atom is 0.259 e. The molecule has 0 saturated heterocycles. The van der Waals surface area contributed by atoms with Gasteiger partial charge in [-0.05, 0) is 74.0 Å². The number of carboxylic acids is 1. The Bertz CT molecular complexity index is 3110. The standard InChI is InChI=1S/C49H49N9O7/c1-30-25-31(2)58-19-17-40(46(58)51-30)48(60)52-34-10-7-32(8-11-34)42-29-57(54-53-42)20-22-64-24-23-63-21-18-50-47(59)33-9-14-37(41(26-33)49(61)62)45-38-15-12-35(55(3)4)27-43(38)65-44-28-36(56(5)6)13-16-39(44)45/h7-17,19,25-29H,18,20-24H2,1-6H3,(H2-,50,52,59,60,61,62). The zero-order valence-electron chi connectivity index (χ0n) is 37.0. The number of rotatable bonds is 16. The molecule has 2 amide bonds. The summed E-state index contributed by atoms with van der Waals surface area (Å²) in [5.74, 6) is -1.50. The largest absolute Gasteiger partial charge is 0.545 e. The van der Waals surface area contributed by atoms with Gasteiger partial charge < -0.3 is 43.7 Å². The van der Waals surface area contributed by atoms with Crippen LogP contribution in [0, 0.1) is 13.8 Å². The number of nitrogens with one attached hydrogen (secondary N) is 2. The van der Waals surface area contributed by atoms with E-state index in [2.05, 4.69) is 25.9 Å². The van der Waals surface area contributed by atoms with Crippen molar-refractivity contribution in [3.8, 4) is 33.7 Å². The van der Waals surface area contributed by atoms with E-state index in [1.807, 2.05) is 135 Å². The van der Waals surface area contributed by atoms with Crippen LogP contribution in [-0.4, -0.2) is 103 Å². The van der Waals surface area contributed by atoms with Crippen molar-refractivity contribution in [3.05, 3.63) is 137 Å². The highest BCUT2D eigenvalue weighted by atomic mass is 16.5. The van der Waals surface area contributed by atoms with Crippen LogP contribution < -0.4 is 30.6 Å². The first-order valence-corrected chi connectivity index (χ1v) is 21.1. The molecule has 0 radical (unpaired) electrons. The van der Waals surface area contributed by atoms with E-state index in [9.17, 15) is 19.5 Å². The topological polar surface area (TPSA) is 184 Å². The number of fused-ring (bicyclic) bond motifs is 3. The molecular formula is C49H49N9O7. The molecule has 2 N–H and O–H groups in total. The summed E-state index contributed by atoms with van der Waals surface area (Å²) >= 11 is 0. The van der Waals surface area contributed by atoms with Crippen molar-refractivity contribution >= 4 is 45.8 Å². The van der Waals surface area contributed by atoms with E-state index >= 15 is 0 Å². The van der Waals surface area contributed by atoms with Gasteiger partial charge in [0, 0.05) is 94.9 Å². The number of hydrogen-bond donors (Lipinski definition) is 2. The van der Waals surface area contributed by atoms with Gasteiger partial charge in [-0.1, -0.05) is 23.4 Å². The summed E-state index contributed by atoms with van der Waals surface area (Å²) in [6.45, 7) is 5.80. The highest BCUT2D eigenvalue weighted by Crippen LogP contribution is 2.42. The maximum atomic E-state index is 13.2. The molecular weight excluding hydrogens is 827 g/mol. The van der Waals surface area contributed by atoms with E-state index in [0.717, 1.165) is 38.9 Å². The van der Waals surface area contributed by atoms with Crippen molar-refractivity contribution < 1.29 is 33.4 Å².